The molecule has 0 saturated heterocycles. The van der Waals surface area contributed by atoms with Gasteiger partial charge < -0.3 is 0 Å². The number of benzene rings is 4. The lowest BCUT2D eigenvalue weighted by molar-refractivity contribution is 0.636. The monoisotopic (exact) mass is 418 g/mol. The zero-order valence-electron chi connectivity index (χ0n) is 18.5. The van der Waals surface area contributed by atoms with Gasteiger partial charge in [0.1, 0.15) is 5.82 Å². The number of aryl methyl sites for hydroxylation is 2. The van der Waals surface area contributed by atoms with Crippen LogP contribution in [0.3, 0.4) is 0 Å². The Morgan fingerprint density at radius 2 is 1.47 bits per heavy atom. The van der Waals surface area contributed by atoms with E-state index in [0.29, 0.717) is 10.9 Å². The van der Waals surface area contributed by atoms with Crippen LogP contribution in [0.4, 0.5) is 4.39 Å². The van der Waals surface area contributed by atoms with Crippen LogP contribution >= 0.6 is 0 Å². The maximum absolute atomic E-state index is 15.0. The van der Waals surface area contributed by atoms with Crippen LogP contribution < -0.4 is 0 Å². The Balaban J connectivity index is 1.53. The first-order valence-electron chi connectivity index (χ1n) is 11.2. The minimum atomic E-state index is -0.256. The van der Waals surface area contributed by atoms with E-state index in [9.17, 15) is 0 Å². The lowest BCUT2D eigenvalue weighted by atomic mass is 10.0. The van der Waals surface area contributed by atoms with E-state index < -0.39 is 0 Å². The van der Waals surface area contributed by atoms with Crippen molar-refractivity contribution in [3.05, 3.63) is 120 Å². The predicted octanol–water partition coefficient (Wildman–Crippen LogP) is 8.12. The Morgan fingerprint density at radius 1 is 0.781 bits per heavy atom. The van der Waals surface area contributed by atoms with Gasteiger partial charge in [0.25, 0.3) is 0 Å². The first kappa shape index (κ1) is 21.6. The highest BCUT2D eigenvalue weighted by Crippen LogP contribution is 2.24. The maximum atomic E-state index is 15.0. The fraction of sp³-hybridized carbons (Fsp3) is 0.161. The molecule has 0 spiro atoms. The van der Waals surface area contributed by atoms with E-state index in [1.54, 1.807) is 6.07 Å². The zero-order chi connectivity index (χ0) is 22.3. The van der Waals surface area contributed by atoms with Crippen molar-refractivity contribution in [3.8, 4) is 23.0 Å². The van der Waals surface area contributed by atoms with Crippen LogP contribution in [0.5, 0.6) is 0 Å². The topological polar surface area (TPSA) is 0 Å². The first-order valence-corrected chi connectivity index (χ1v) is 11.2. The van der Waals surface area contributed by atoms with Gasteiger partial charge in [-0.15, -0.1) is 6.58 Å². The van der Waals surface area contributed by atoms with Crippen molar-refractivity contribution in [2.24, 2.45) is 0 Å². The minimum absolute atomic E-state index is 0.256. The van der Waals surface area contributed by atoms with E-state index in [0.717, 1.165) is 42.2 Å². The number of halogens is 1. The van der Waals surface area contributed by atoms with Gasteiger partial charge in [-0.25, -0.2) is 4.39 Å². The minimum Gasteiger partial charge on any atom is -0.205 e. The number of hydrogen-bond acceptors (Lipinski definition) is 0. The summed E-state index contributed by atoms with van der Waals surface area (Å²) in [6, 6.07) is 26.5. The molecule has 0 N–H and O–H groups in total. The molecule has 0 atom stereocenters. The third kappa shape index (κ3) is 4.98. The molecule has 0 radical (unpaired) electrons. The summed E-state index contributed by atoms with van der Waals surface area (Å²) in [4.78, 5) is 0. The van der Waals surface area contributed by atoms with Gasteiger partial charge in [-0.05, 0) is 65.1 Å². The Kier molecular flexibility index (Phi) is 6.83. The third-order valence-electron chi connectivity index (χ3n) is 5.71. The van der Waals surface area contributed by atoms with E-state index in [-0.39, 0.29) is 5.82 Å². The van der Waals surface area contributed by atoms with Gasteiger partial charge in [-0.2, -0.15) is 0 Å². The predicted molar refractivity (Wildman–Crippen MR) is 134 cm³/mol. The summed E-state index contributed by atoms with van der Waals surface area (Å²) in [7, 11) is 0. The average Bonchev–Trinajstić information content (AvgIpc) is 2.83. The van der Waals surface area contributed by atoms with Crippen LogP contribution in [0, 0.1) is 17.7 Å². The second kappa shape index (κ2) is 10.1. The molecule has 1 heteroatoms. The van der Waals surface area contributed by atoms with Gasteiger partial charge in [0.2, 0.25) is 0 Å². The van der Waals surface area contributed by atoms with Crippen LogP contribution in [-0.4, -0.2) is 0 Å². The lowest BCUT2D eigenvalue weighted by Crippen LogP contribution is -1.89. The second-order valence-corrected chi connectivity index (χ2v) is 8.08. The fourth-order valence-electron chi connectivity index (χ4n) is 3.90. The standard InChI is InChI=1S/C31H27F/c1-3-5-7-25-13-21-30-29(22-25)20-19-28(31(30)32)18-12-24-10-16-27(17-11-24)26-14-8-23(6-4-2)9-15-26/h3,8-11,13-17,19-22H,1,4-7H2,2H3. The van der Waals surface area contributed by atoms with Crippen molar-refractivity contribution in [2.45, 2.75) is 32.6 Å². The largest absolute Gasteiger partial charge is 0.205 e. The molecule has 0 aliphatic rings. The lowest BCUT2D eigenvalue weighted by Gasteiger charge is -2.05. The van der Waals surface area contributed by atoms with Crippen molar-refractivity contribution < 1.29 is 4.39 Å². The van der Waals surface area contributed by atoms with Crippen LogP contribution in [0.2, 0.25) is 0 Å². The average molecular weight is 419 g/mol. The molecule has 4 rings (SSSR count). The summed E-state index contributed by atoms with van der Waals surface area (Å²) in [6.45, 7) is 5.96. The molecule has 32 heavy (non-hydrogen) atoms. The number of rotatable bonds is 6. The van der Waals surface area contributed by atoms with Gasteiger partial charge in [0, 0.05) is 10.9 Å². The molecule has 158 valence electrons. The van der Waals surface area contributed by atoms with Gasteiger partial charge in [0.05, 0.1) is 5.56 Å². The molecule has 0 heterocycles. The Bertz CT molecular complexity index is 1280. The van der Waals surface area contributed by atoms with E-state index >= 15 is 4.39 Å². The molecule has 0 fully saturated rings. The SMILES string of the molecule is C=CCCc1ccc2c(F)c(C#Cc3ccc(-c4ccc(CCC)cc4)cc3)ccc2c1. The molecule has 0 unspecified atom stereocenters. The normalized spacial score (nSPS) is 10.6. The fourth-order valence-corrected chi connectivity index (χ4v) is 3.90. The number of hydrogen-bond donors (Lipinski definition) is 0. The van der Waals surface area contributed by atoms with Crippen molar-refractivity contribution in [2.75, 3.05) is 0 Å². The Hall–Kier alpha value is -3.63. The summed E-state index contributed by atoms with van der Waals surface area (Å²) in [5.41, 5.74) is 6.20. The molecule has 0 saturated carbocycles. The zero-order valence-corrected chi connectivity index (χ0v) is 18.5. The quantitative estimate of drug-likeness (QED) is 0.219. The molecular weight excluding hydrogens is 391 g/mol. The summed E-state index contributed by atoms with van der Waals surface area (Å²) in [6.07, 6.45) is 6.00. The van der Waals surface area contributed by atoms with Crippen molar-refractivity contribution in [1.82, 2.24) is 0 Å². The first-order chi connectivity index (χ1) is 15.7. The van der Waals surface area contributed by atoms with Crippen molar-refractivity contribution in [1.29, 1.82) is 0 Å². The van der Waals surface area contributed by atoms with Crippen LogP contribution in [0.1, 0.15) is 42.0 Å². The summed E-state index contributed by atoms with van der Waals surface area (Å²) in [5, 5.41) is 1.52. The molecule has 0 nitrogen and oxygen atoms in total. The molecular formula is C31H27F. The maximum Gasteiger partial charge on any atom is 0.146 e. The molecule has 0 aliphatic heterocycles. The van der Waals surface area contributed by atoms with E-state index in [2.05, 4.69) is 61.7 Å². The highest BCUT2D eigenvalue weighted by Gasteiger charge is 2.06. The third-order valence-corrected chi connectivity index (χ3v) is 5.71. The molecule has 4 aromatic carbocycles. The van der Waals surface area contributed by atoms with Crippen LogP contribution in [-0.2, 0) is 12.8 Å². The van der Waals surface area contributed by atoms with Crippen molar-refractivity contribution in [3.63, 3.8) is 0 Å². The van der Waals surface area contributed by atoms with Gasteiger partial charge in [0.15, 0.2) is 0 Å². The van der Waals surface area contributed by atoms with E-state index in [1.807, 2.05) is 42.5 Å². The molecule has 0 aliphatic carbocycles. The summed E-state index contributed by atoms with van der Waals surface area (Å²) in [5.74, 6) is 5.87. The highest BCUT2D eigenvalue weighted by molar-refractivity contribution is 5.85. The van der Waals surface area contributed by atoms with E-state index in [4.69, 9.17) is 0 Å². The van der Waals surface area contributed by atoms with E-state index in [1.165, 1.54) is 16.7 Å². The summed E-state index contributed by atoms with van der Waals surface area (Å²) >= 11 is 0. The molecule has 0 amide bonds. The van der Waals surface area contributed by atoms with Gasteiger partial charge in [-0.1, -0.05) is 91.9 Å². The smallest absolute Gasteiger partial charge is 0.146 e. The van der Waals surface area contributed by atoms with Gasteiger partial charge >= 0.3 is 0 Å². The second-order valence-electron chi connectivity index (χ2n) is 8.08. The molecule has 0 bridgehead atoms. The highest BCUT2D eigenvalue weighted by atomic mass is 19.1. The van der Waals surface area contributed by atoms with Crippen molar-refractivity contribution >= 4 is 10.8 Å². The number of fused-ring (bicyclic) bond motifs is 1. The molecule has 0 aromatic heterocycles. The Morgan fingerprint density at radius 3 is 2.16 bits per heavy atom. The van der Waals surface area contributed by atoms with Crippen LogP contribution in [0.25, 0.3) is 21.9 Å². The summed E-state index contributed by atoms with van der Waals surface area (Å²) < 4.78 is 15.0. The molecule has 4 aromatic rings. The van der Waals surface area contributed by atoms with Gasteiger partial charge in [-0.3, -0.25) is 0 Å². The number of allylic oxidation sites excluding steroid dienone is 1. The van der Waals surface area contributed by atoms with Crippen LogP contribution in [0.15, 0.2) is 91.5 Å². The Labute approximate surface area is 190 Å².